The normalized spacial score (nSPS) is 11.9. The first-order valence-corrected chi connectivity index (χ1v) is 13.5. The molecule has 0 radical (unpaired) electrons. The molecule has 0 N–H and O–H groups in total. The predicted octanol–water partition coefficient (Wildman–Crippen LogP) is 5.76. The molecule has 0 spiro atoms. The maximum absolute atomic E-state index is 13.9. The maximum Gasteiger partial charge on any atom is 0.269 e. The van der Waals surface area contributed by atoms with Gasteiger partial charge in [-0.05, 0) is 49.7 Å². The zero-order chi connectivity index (χ0) is 25.4. The number of rotatable bonds is 8. The molecule has 0 saturated carbocycles. The van der Waals surface area contributed by atoms with Crippen LogP contribution in [0.25, 0.3) is 33.2 Å². The molecule has 0 aliphatic carbocycles. The van der Waals surface area contributed by atoms with Crippen LogP contribution in [-0.2, 0) is 17.1 Å². The Morgan fingerprint density at radius 1 is 1.06 bits per heavy atom. The van der Waals surface area contributed by atoms with Crippen molar-refractivity contribution >= 4 is 43.6 Å². The van der Waals surface area contributed by atoms with Gasteiger partial charge in [-0.15, -0.1) is 11.6 Å². The molecule has 0 fully saturated rings. The highest BCUT2D eigenvalue weighted by molar-refractivity contribution is 7.90. The molecule has 36 heavy (non-hydrogen) atoms. The number of hydrogen-bond donors (Lipinski definition) is 0. The standard InChI is InChI=1S/C27H26ClN3O4S/c1-18-7-9-20(10-8-18)36(32,33)31-24(14-19-6-4-12-29-27(19)31)22-17-30(2)23-16-26(35-13-5-11-28)25(34-3)15-21(22)23/h4,6-10,12,14-17H,5,11,13H2,1-3H3. The highest BCUT2D eigenvalue weighted by Crippen LogP contribution is 2.40. The molecule has 5 aromatic rings. The zero-order valence-corrected chi connectivity index (χ0v) is 21.8. The fourth-order valence-corrected chi connectivity index (χ4v) is 5.95. The topological polar surface area (TPSA) is 75.4 Å². The van der Waals surface area contributed by atoms with Crippen molar-refractivity contribution < 1.29 is 17.9 Å². The van der Waals surface area contributed by atoms with Gasteiger partial charge >= 0.3 is 0 Å². The first-order valence-electron chi connectivity index (χ1n) is 11.5. The lowest BCUT2D eigenvalue weighted by Gasteiger charge is -2.13. The summed E-state index contributed by atoms with van der Waals surface area (Å²) < 4.78 is 42.7. The van der Waals surface area contributed by atoms with Crippen molar-refractivity contribution in [3.8, 4) is 22.8 Å². The van der Waals surface area contributed by atoms with Gasteiger partial charge in [-0.1, -0.05) is 17.7 Å². The van der Waals surface area contributed by atoms with Gasteiger partial charge in [0.1, 0.15) is 0 Å². The number of pyridine rings is 1. The molecule has 0 aliphatic heterocycles. The Kier molecular flexibility index (Phi) is 6.40. The van der Waals surface area contributed by atoms with E-state index in [1.807, 2.05) is 49.0 Å². The number of alkyl halides is 1. The smallest absolute Gasteiger partial charge is 0.269 e. The first kappa shape index (κ1) is 24.2. The van der Waals surface area contributed by atoms with E-state index in [2.05, 4.69) is 4.98 Å². The highest BCUT2D eigenvalue weighted by Gasteiger charge is 2.27. The quantitative estimate of drug-likeness (QED) is 0.191. The summed E-state index contributed by atoms with van der Waals surface area (Å²) in [6.07, 6.45) is 4.23. The van der Waals surface area contributed by atoms with Crippen LogP contribution in [-0.4, -0.2) is 41.5 Å². The molecule has 0 bridgehead atoms. The van der Waals surface area contributed by atoms with Crippen LogP contribution in [0.5, 0.6) is 11.5 Å². The van der Waals surface area contributed by atoms with E-state index in [4.69, 9.17) is 21.1 Å². The summed E-state index contributed by atoms with van der Waals surface area (Å²) in [5.74, 6) is 1.68. The van der Waals surface area contributed by atoms with Gasteiger partial charge in [-0.2, -0.15) is 0 Å². The molecule has 0 amide bonds. The van der Waals surface area contributed by atoms with E-state index in [1.165, 1.54) is 3.97 Å². The number of aryl methyl sites for hydroxylation is 2. The second kappa shape index (κ2) is 9.52. The van der Waals surface area contributed by atoms with E-state index >= 15 is 0 Å². The van der Waals surface area contributed by atoms with Gasteiger partial charge in [0, 0.05) is 47.7 Å². The molecular formula is C27H26ClN3O4S. The summed E-state index contributed by atoms with van der Waals surface area (Å²) >= 11 is 5.80. The number of fused-ring (bicyclic) bond motifs is 2. The van der Waals surface area contributed by atoms with Crippen LogP contribution in [0.1, 0.15) is 12.0 Å². The molecule has 0 unspecified atom stereocenters. The third-order valence-corrected chi connectivity index (χ3v) is 8.15. The second-order valence-corrected chi connectivity index (χ2v) is 10.8. The Morgan fingerprint density at radius 3 is 2.56 bits per heavy atom. The van der Waals surface area contributed by atoms with Gasteiger partial charge < -0.3 is 14.0 Å². The summed E-state index contributed by atoms with van der Waals surface area (Å²) in [6, 6.07) is 16.1. The molecule has 0 saturated heterocycles. The molecule has 5 rings (SSSR count). The van der Waals surface area contributed by atoms with Crippen LogP contribution in [0, 0.1) is 6.92 Å². The van der Waals surface area contributed by atoms with Crippen molar-refractivity contribution in [2.45, 2.75) is 18.2 Å². The third kappa shape index (κ3) is 4.10. The highest BCUT2D eigenvalue weighted by atomic mass is 35.5. The van der Waals surface area contributed by atoms with Crippen LogP contribution in [0.3, 0.4) is 0 Å². The molecule has 186 valence electrons. The third-order valence-electron chi connectivity index (χ3n) is 6.17. The Bertz CT molecular complexity index is 1670. The van der Waals surface area contributed by atoms with Crippen LogP contribution in [0.4, 0.5) is 0 Å². The largest absolute Gasteiger partial charge is 0.493 e. The van der Waals surface area contributed by atoms with Crippen LogP contribution < -0.4 is 9.47 Å². The number of halogens is 1. The fraction of sp³-hybridized carbons (Fsp3) is 0.222. The lowest BCUT2D eigenvalue weighted by atomic mass is 10.1. The van der Waals surface area contributed by atoms with Gasteiger partial charge in [0.25, 0.3) is 10.0 Å². The molecule has 3 aromatic heterocycles. The van der Waals surface area contributed by atoms with Crippen LogP contribution in [0.2, 0.25) is 0 Å². The average molecular weight is 524 g/mol. The Hall–Kier alpha value is -3.49. The average Bonchev–Trinajstić information content (AvgIpc) is 3.42. The summed E-state index contributed by atoms with van der Waals surface area (Å²) in [5, 5.41) is 1.57. The molecule has 9 heteroatoms. The molecule has 3 heterocycles. The van der Waals surface area contributed by atoms with E-state index in [-0.39, 0.29) is 4.90 Å². The van der Waals surface area contributed by atoms with Gasteiger partial charge in [0.15, 0.2) is 17.1 Å². The fourth-order valence-electron chi connectivity index (χ4n) is 4.36. The summed E-state index contributed by atoms with van der Waals surface area (Å²) in [5.41, 5.74) is 3.50. The van der Waals surface area contributed by atoms with Gasteiger partial charge in [0.05, 0.1) is 29.8 Å². The molecule has 0 atom stereocenters. The lowest BCUT2D eigenvalue weighted by Crippen LogP contribution is -2.14. The van der Waals surface area contributed by atoms with Crippen molar-refractivity contribution in [3.05, 3.63) is 72.6 Å². The Morgan fingerprint density at radius 2 is 1.83 bits per heavy atom. The molecular weight excluding hydrogens is 498 g/mol. The van der Waals surface area contributed by atoms with E-state index in [9.17, 15) is 8.42 Å². The van der Waals surface area contributed by atoms with Gasteiger partial charge in [-0.3, -0.25) is 0 Å². The molecule has 2 aromatic carbocycles. The van der Waals surface area contributed by atoms with Gasteiger partial charge in [0.2, 0.25) is 0 Å². The number of benzene rings is 2. The van der Waals surface area contributed by atoms with E-state index in [1.54, 1.807) is 43.6 Å². The number of aromatic nitrogens is 3. The SMILES string of the molecule is COc1cc2c(-c3cc4cccnc4n3S(=O)(=O)c3ccc(C)cc3)cn(C)c2cc1OCCCCl. The van der Waals surface area contributed by atoms with Crippen LogP contribution in [0.15, 0.2) is 71.9 Å². The number of ether oxygens (including phenoxy) is 2. The van der Waals surface area contributed by atoms with Crippen molar-refractivity contribution in [1.29, 1.82) is 0 Å². The predicted molar refractivity (Wildman–Crippen MR) is 143 cm³/mol. The maximum atomic E-state index is 13.9. The Labute approximate surface area is 214 Å². The van der Waals surface area contributed by atoms with E-state index in [0.717, 1.165) is 27.4 Å². The lowest BCUT2D eigenvalue weighted by molar-refractivity contribution is 0.295. The summed E-state index contributed by atoms with van der Waals surface area (Å²) in [4.78, 5) is 4.63. The van der Waals surface area contributed by atoms with Crippen molar-refractivity contribution in [1.82, 2.24) is 13.5 Å². The number of hydrogen-bond acceptors (Lipinski definition) is 5. The molecule has 7 nitrogen and oxygen atoms in total. The van der Waals surface area contributed by atoms with Crippen molar-refractivity contribution in [3.63, 3.8) is 0 Å². The minimum Gasteiger partial charge on any atom is -0.493 e. The minimum atomic E-state index is -3.94. The first-order chi connectivity index (χ1) is 17.3. The summed E-state index contributed by atoms with van der Waals surface area (Å²) in [6.45, 7) is 2.39. The van der Waals surface area contributed by atoms with E-state index in [0.29, 0.717) is 41.7 Å². The van der Waals surface area contributed by atoms with E-state index < -0.39 is 10.0 Å². The number of methoxy groups -OCH3 is 1. The molecule has 0 aliphatic rings. The zero-order valence-electron chi connectivity index (χ0n) is 20.2. The van der Waals surface area contributed by atoms with Crippen molar-refractivity contribution in [2.24, 2.45) is 7.05 Å². The Balaban J connectivity index is 1.76. The second-order valence-electron chi connectivity index (χ2n) is 8.59. The number of nitrogens with zero attached hydrogens (tertiary/aromatic N) is 3. The van der Waals surface area contributed by atoms with Crippen molar-refractivity contribution in [2.75, 3.05) is 19.6 Å². The summed E-state index contributed by atoms with van der Waals surface area (Å²) in [7, 11) is -0.438. The minimum absolute atomic E-state index is 0.199. The monoisotopic (exact) mass is 523 g/mol. The van der Waals surface area contributed by atoms with Gasteiger partial charge in [-0.25, -0.2) is 17.4 Å². The van der Waals surface area contributed by atoms with Crippen LogP contribution >= 0.6 is 11.6 Å².